The van der Waals surface area contributed by atoms with Crippen molar-refractivity contribution in [2.75, 3.05) is 13.7 Å². The van der Waals surface area contributed by atoms with E-state index in [0.717, 1.165) is 17.7 Å². The summed E-state index contributed by atoms with van der Waals surface area (Å²) in [7, 11) is 1.61. The van der Waals surface area contributed by atoms with Crippen LogP contribution in [0.2, 0.25) is 0 Å². The highest BCUT2D eigenvalue weighted by Crippen LogP contribution is 2.31. The minimum absolute atomic E-state index is 0.0508. The lowest BCUT2D eigenvalue weighted by Crippen LogP contribution is -2.37. The second-order valence-electron chi connectivity index (χ2n) is 3.45. The van der Waals surface area contributed by atoms with Gasteiger partial charge < -0.3 is 15.4 Å². The highest BCUT2D eigenvalue weighted by Gasteiger charge is 2.21. The quantitative estimate of drug-likeness (QED) is 0.730. The SMILES string of the molecule is CNC(=O)NC1CCOc2ccccc21. The van der Waals surface area contributed by atoms with E-state index >= 15 is 0 Å². The van der Waals surface area contributed by atoms with Crippen LogP contribution in [0.5, 0.6) is 5.75 Å². The molecule has 0 fully saturated rings. The van der Waals surface area contributed by atoms with Crippen LogP contribution >= 0.6 is 0 Å². The van der Waals surface area contributed by atoms with Crippen LogP contribution in [-0.2, 0) is 0 Å². The first kappa shape index (κ1) is 9.83. The molecular formula is C11H14N2O2. The van der Waals surface area contributed by atoms with E-state index < -0.39 is 0 Å². The lowest BCUT2D eigenvalue weighted by atomic mass is 10.0. The number of carbonyl (C=O) groups is 1. The summed E-state index contributed by atoms with van der Waals surface area (Å²) < 4.78 is 5.50. The molecule has 0 spiro atoms. The Morgan fingerprint density at radius 2 is 2.27 bits per heavy atom. The van der Waals surface area contributed by atoms with Gasteiger partial charge >= 0.3 is 6.03 Å². The van der Waals surface area contributed by atoms with Crippen molar-refractivity contribution in [3.63, 3.8) is 0 Å². The van der Waals surface area contributed by atoms with Gasteiger partial charge in [0.2, 0.25) is 0 Å². The molecule has 2 amide bonds. The molecule has 0 aliphatic carbocycles. The fourth-order valence-corrected chi connectivity index (χ4v) is 1.72. The third-order valence-electron chi connectivity index (χ3n) is 2.49. The molecule has 1 aliphatic rings. The van der Waals surface area contributed by atoms with E-state index in [0.29, 0.717) is 6.61 Å². The first-order valence-corrected chi connectivity index (χ1v) is 5.01. The average Bonchev–Trinajstić information content (AvgIpc) is 2.29. The smallest absolute Gasteiger partial charge is 0.315 e. The molecular weight excluding hydrogens is 192 g/mol. The second-order valence-corrected chi connectivity index (χ2v) is 3.45. The summed E-state index contributed by atoms with van der Waals surface area (Å²) in [5, 5.41) is 5.45. The summed E-state index contributed by atoms with van der Waals surface area (Å²) in [6.45, 7) is 0.645. The Kier molecular flexibility index (Phi) is 2.76. The van der Waals surface area contributed by atoms with Gasteiger partial charge in [0, 0.05) is 19.0 Å². The molecule has 1 aromatic rings. The van der Waals surface area contributed by atoms with Gasteiger partial charge in [0.15, 0.2) is 0 Å². The van der Waals surface area contributed by atoms with Crippen LogP contribution in [0.25, 0.3) is 0 Å². The predicted octanol–water partition coefficient (Wildman–Crippen LogP) is 1.44. The molecule has 4 nitrogen and oxygen atoms in total. The van der Waals surface area contributed by atoms with E-state index in [1.807, 2.05) is 24.3 Å². The maximum absolute atomic E-state index is 11.2. The van der Waals surface area contributed by atoms with Gasteiger partial charge in [-0.2, -0.15) is 0 Å². The highest BCUT2D eigenvalue weighted by atomic mass is 16.5. The number of carbonyl (C=O) groups excluding carboxylic acids is 1. The Morgan fingerprint density at radius 3 is 3.07 bits per heavy atom. The summed E-state index contributed by atoms with van der Waals surface area (Å²) in [4.78, 5) is 11.2. The number of nitrogens with one attached hydrogen (secondary N) is 2. The van der Waals surface area contributed by atoms with Gasteiger partial charge in [-0.3, -0.25) is 0 Å². The van der Waals surface area contributed by atoms with E-state index in [-0.39, 0.29) is 12.1 Å². The van der Waals surface area contributed by atoms with Crippen molar-refractivity contribution < 1.29 is 9.53 Å². The number of rotatable bonds is 1. The van der Waals surface area contributed by atoms with Crippen molar-refractivity contribution in [1.29, 1.82) is 0 Å². The molecule has 1 aliphatic heterocycles. The van der Waals surface area contributed by atoms with Crippen molar-refractivity contribution in [1.82, 2.24) is 10.6 Å². The minimum atomic E-state index is -0.156. The van der Waals surface area contributed by atoms with Crippen LogP contribution in [0.4, 0.5) is 4.79 Å². The Bertz CT molecular complexity index is 365. The molecule has 2 N–H and O–H groups in total. The summed E-state index contributed by atoms with van der Waals surface area (Å²) in [6.07, 6.45) is 0.810. The fourth-order valence-electron chi connectivity index (χ4n) is 1.72. The molecule has 0 saturated carbocycles. The van der Waals surface area contributed by atoms with Gasteiger partial charge in [-0.25, -0.2) is 4.79 Å². The van der Waals surface area contributed by atoms with Gasteiger partial charge in [0.05, 0.1) is 12.6 Å². The number of benzene rings is 1. The lowest BCUT2D eigenvalue weighted by molar-refractivity contribution is 0.225. The van der Waals surface area contributed by atoms with Gasteiger partial charge in [0.1, 0.15) is 5.75 Å². The molecule has 0 aromatic heterocycles. The van der Waals surface area contributed by atoms with Crippen molar-refractivity contribution in [3.05, 3.63) is 29.8 Å². The van der Waals surface area contributed by atoms with Gasteiger partial charge in [-0.05, 0) is 6.07 Å². The third kappa shape index (κ3) is 2.03. The summed E-state index contributed by atoms with van der Waals surface area (Å²) in [5.41, 5.74) is 1.05. The molecule has 2 rings (SSSR count). The second kappa shape index (κ2) is 4.21. The van der Waals surface area contributed by atoms with E-state index in [1.165, 1.54) is 0 Å². The lowest BCUT2D eigenvalue weighted by Gasteiger charge is -2.26. The average molecular weight is 206 g/mol. The van der Waals surface area contributed by atoms with Gasteiger partial charge in [-0.15, -0.1) is 0 Å². The van der Waals surface area contributed by atoms with Crippen LogP contribution in [-0.4, -0.2) is 19.7 Å². The summed E-state index contributed by atoms with van der Waals surface area (Å²) in [5.74, 6) is 0.866. The van der Waals surface area contributed by atoms with Crippen LogP contribution < -0.4 is 15.4 Å². The molecule has 1 heterocycles. The van der Waals surface area contributed by atoms with E-state index in [2.05, 4.69) is 10.6 Å². The predicted molar refractivity (Wildman–Crippen MR) is 56.9 cm³/mol. The Labute approximate surface area is 88.6 Å². The third-order valence-corrected chi connectivity index (χ3v) is 2.49. The standard InChI is InChI=1S/C11H14N2O2/c1-12-11(14)13-9-6-7-15-10-5-3-2-4-8(9)10/h2-5,9H,6-7H2,1H3,(H2,12,13,14). The summed E-state index contributed by atoms with van der Waals surface area (Å²) in [6, 6.07) is 7.68. The number of para-hydroxylation sites is 1. The first-order valence-electron chi connectivity index (χ1n) is 5.01. The minimum Gasteiger partial charge on any atom is -0.493 e. The van der Waals surface area contributed by atoms with Crippen LogP contribution in [0.15, 0.2) is 24.3 Å². The number of amides is 2. The monoisotopic (exact) mass is 206 g/mol. The highest BCUT2D eigenvalue weighted by molar-refractivity contribution is 5.74. The molecule has 1 unspecified atom stereocenters. The number of urea groups is 1. The van der Waals surface area contributed by atoms with E-state index in [1.54, 1.807) is 7.05 Å². The Balaban J connectivity index is 2.18. The molecule has 1 atom stereocenters. The van der Waals surface area contributed by atoms with Crippen LogP contribution in [0.1, 0.15) is 18.0 Å². The van der Waals surface area contributed by atoms with Crippen molar-refractivity contribution >= 4 is 6.03 Å². The Hall–Kier alpha value is -1.71. The van der Waals surface area contributed by atoms with Gasteiger partial charge in [0.25, 0.3) is 0 Å². The number of fused-ring (bicyclic) bond motifs is 1. The van der Waals surface area contributed by atoms with Crippen molar-refractivity contribution in [3.8, 4) is 5.75 Å². The number of hydrogen-bond donors (Lipinski definition) is 2. The topological polar surface area (TPSA) is 50.4 Å². The molecule has 15 heavy (non-hydrogen) atoms. The Morgan fingerprint density at radius 1 is 1.47 bits per heavy atom. The zero-order valence-electron chi connectivity index (χ0n) is 8.62. The zero-order valence-corrected chi connectivity index (χ0v) is 8.62. The zero-order chi connectivity index (χ0) is 10.7. The van der Waals surface area contributed by atoms with Crippen LogP contribution in [0, 0.1) is 0 Å². The normalized spacial score (nSPS) is 18.6. The van der Waals surface area contributed by atoms with Crippen LogP contribution in [0.3, 0.4) is 0 Å². The number of ether oxygens (including phenoxy) is 1. The largest absolute Gasteiger partial charge is 0.493 e. The van der Waals surface area contributed by atoms with E-state index in [4.69, 9.17) is 4.74 Å². The van der Waals surface area contributed by atoms with Crippen molar-refractivity contribution in [2.45, 2.75) is 12.5 Å². The molecule has 0 radical (unpaired) electrons. The summed E-state index contributed by atoms with van der Waals surface area (Å²) >= 11 is 0. The fraction of sp³-hybridized carbons (Fsp3) is 0.364. The molecule has 1 aromatic carbocycles. The van der Waals surface area contributed by atoms with E-state index in [9.17, 15) is 4.79 Å². The molecule has 80 valence electrons. The molecule has 4 heteroatoms. The first-order chi connectivity index (χ1) is 7.31. The van der Waals surface area contributed by atoms with Crippen molar-refractivity contribution in [2.24, 2.45) is 0 Å². The number of hydrogen-bond acceptors (Lipinski definition) is 2. The molecule has 0 saturated heterocycles. The maximum Gasteiger partial charge on any atom is 0.315 e. The molecule has 0 bridgehead atoms. The maximum atomic E-state index is 11.2. The van der Waals surface area contributed by atoms with Gasteiger partial charge in [-0.1, -0.05) is 18.2 Å².